The molecule has 0 aliphatic carbocycles. The zero-order valence-corrected chi connectivity index (χ0v) is 8.61. The SMILES string of the molecule is Cc1nc2ccc(=O)n(CC=O)c2cc1F. The van der Waals surface area contributed by atoms with Gasteiger partial charge in [-0.2, -0.15) is 0 Å². The Morgan fingerprint density at radius 2 is 2.25 bits per heavy atom. The lowest BCUT2D eigenvalue weighted by Gasteiger charge is -2.07. The van der Waals surface area contributed by atoms with E-state index in [1.807, 2.05) is 0 Å². The highest BCUT2D eigenvalue weighted by Gasteiger charge is 2.07. The normalized spacial score (nSPS) is 10.6. The van der Waals surface area contributed by atoms with E-state index < -0.39 is 5.82 Å². The number of aldehydes is 1. The summed E-state index contributed by atoms with van der Waals surface area (Å²) in [4.78, 5) is 25.9. The van der Waals surface area contributed by atoms with Gasteiger partial charge < -0.3 is 4.79 Å². The number of aromatic nitrogens is 2. The van der Waals surface area contributed by atoms with Crippen LogP contribution in [0.25, 0.3) is 11.0 Å². The first-order valence-corrected chi connectivity index (χ1v) is 4.74. The van der Waals surface area contributed by atoms with Gasteiger partial charge in [0.25, 0.3) is 5.56 Å². The van der Waals surface area contributed by atoms with Gasteiger partial charge in [0.05, 0.1) is 23.3 Å². The minimum Gasteiger partial charge on any atom is -0.301 e. The third kappa shape index (κ3) is 1.60. The lowest BCUT2D eigenvalue weighted by Crippen LogP contribution is -2.20. The van der Waals surface area contributed by atoms with Crippen molar-refractivity contribution in [2.45, 2.75) is 13.5 Å². The number of fused-ring (bicyclic) bond motifs is 1. The Labute approximate surface area is 90.3 Å². The molecule has 16 heavy (non-hydrogen) atoms. The second-order valence-electron chi connectivity index (χ2n) is 3.41. The molecule has 2 aromatic rings. The number of aryl methyl sites for hydroxylation is 1. The van der Waals surface area contributed by atoms with Gasteiger partial charge in [-0.15, -0.1) is 0 Å². The maximum atomic E-state index is 13.3. The van der Waals surface area contributed by atoms with Gasteiger partial charge >= 0.3 is 0 Å². The predicted octanol–water partition coefficient (Wildman–Crippen LogP) is 1.04. The molecule has 4 nitrogen and oxygen atoms in total. The van der Waals surface area contributed by atoms with Crippen molar-refractivity contribution in [1.82, 2.24) is 9.55 Å². The molecule has 0 amide bonds. The topological polar surface area (TPSA) is 52.0 Å². The van der Waals surface area contributed by atoms with Crippen molar-refractivity contribution in [1.29, 1.82) is 0 Å². The summed E-state index contributed by atoms with van der Waals surface area (Å²) in [6, 6.07) is 4.06. The molecule has 82 valence electrons. The van der Waals surface area contributed by atoms with E-state index in [-0.39, 0.29) is 17.8 Å². The fraction of sp³-hybridized carbons (Fsp3) is 0.182. The Morgan fingerprint density at radius 3 is 2.94 bits per heavy atom. The zero-order chi connectivity index (χ0) is 11.7. The summed E-state index contributed by atoms with van der Waals surface area (Å²) < 4.78 is 14.5. The minimum atomic E-state index is -0.488. The highest BCUT2D eigenvalue weighted by molar-refractivity contribution is 5.75. The first-order chi connectivity index (χ1) is 7.63. The summed E-state index contributed by atoms with van der Waals surface area (Å²) >= 11 is 0. The van der Waals surface area contributed by atoms with Gasteiger partial charge in [0, 0.05) is 12.1 Å². The van der Waals surface area contributed by atoms with Crippen molar-refractivity contribution >= 4 is 17.3 Å². The van der Waals surface area contributed by atoms with Crippen LogP contribution in [0.5, 0.6) is 0 Å². The van der Waals surface area contributed by atoms with Crippen LogP contribution in [0.3, 0.4) is 0 Å². The van der Waals surface area contributed by atoms with Gasteiger partial charge in [-0.25, -0.2) is 9.37 Å². The average molecular weight is 220 g/mol. The molecule has 0 aliphatic rings. The van der Waals surface area contributed by atoms with E-state index in [4.69, 9.17) is 0 Å². The standard InChI is InChI=1S/C11H9FN2O2/c1-7-8(12)6-10-9(13-7)2-3-11(16)14(10)4-5-15/h2-3,5-6H,4H2,1H3. The van der Waals surface area contributed by atoms with E-state index in [1.54, 1.807) is 6.92 Å². The van der Waals surface area contributed by atoms with Crippen LogP contribution in [-0.2, 0) is 11.3 Å². The van der Waals surface area contributed by atoms with Gasteiger partial charge in [-0.05, 0) is 13.0 Å². The minimum absolute atomic E-state index is 0.0969. The van der Waals surface area contributed by atoms with Gasteiger partial charge in [-0.3, -0.25) is 9.36 Å². The van der Waals surface area contributed by atoms with E-state index in [0.717, 1.165) is 0 Å². The number of hydrogen-bond donors (Lipinski definition) is 0. The Hall–Kier alpha value is -2.04. The highest BCUT2D eigenvalue weighted by Crippen LogP contribution is 2.13. The second kappa shape index (κ2) is 3.84. The number of carbonyl (C=O) groups is 1. The molecule has 0 N–H and O–H groups in total. The number of carbonyl (C=O) groups excluding carboxylic acids is 1. The van der Waals surface area contributed by atoms with E-state index in [9.17, 15) is 14.0 Å². The summed E-state index contributed by atoms with van der Waals surface area (Å²) in [7, 11) is 0. The van der Waals surface area contributed by atoms with Crippen molar-refractivity contribution in [3.8, 4) is 0 Å². The Morgan fingerprint density at radius 1 is 1.50 bits per heavy atom. The number of rotatable bonds is 2. The molecule has 0 bridgehead atoms. The van der Waals surface area contributed by atoms with Crippen LogP contribution in [0.15, 0.2) is 23.0 Å². The molecule has 0 fully saturated rings. The summed E-state index contributed by atoms with van der Waals surface area (Å²) in [5, 5.41) is 0. The number of hydrogen-bond acceptors (Lipinski definition) is 3. The van der Waals surface area contributed by atoms with Crippen LogP contribution in [0.4, 0.5) is 4.39 Å². The highest BCUT2D eigenvalue weighted by atomic mass is 19.1. The van der Waals surface area contributed by atoms with Gasteiger partial charge in [0.2, 0.25) is 0 Å². The van der Waals surface area contributed by atoms with Crippen LogP contribution < -0.4 is 5.56 Å². The van der Waals surface area contributed by atoms with Gasteiger partial charge in [-0.1, -0.05) is 0 Å². The largest absolute Gasteiger partial charge is 0.301 e. The second-order valence-corrected chi connectivity index (χ2v) is 3.41. The fourth-order valence-electron chi connectivity index (χ4n) is 1.55. The van der Waals surface area contributed by atoms with E-state index in [0.29, 0.717) is 17.3 Å². The predicted molar refractivity (Wildman–Crippen MR) is 56.8 cm³/mol. The van der Waals surface area contributed by atoms with Crippen molar-refractivity contribution < 1.29 is 9.18 Å². The summed E-state index contributed by atoms with van der Waals surface area (Å²) in [6.45, 7) is 1.45. The number of halogens is 1. The summed E-state index contributed by atoms with van der Waals surface area (Å²) in [6.07, 6.45) is 0.596. The third-order valence-electron chi connectivity index (χ3n) is 2.36. The molecule has 0 aliphatic heterocycles. The van der Waals surface area contributed by atoms with Gasteiger partial charge in [0.1, 0.15) is 12.1 Å². The zero-order valence-electron chi connectivity index (χ0n) is 8.61. The summed E-state index contributed by atoms with van der Waals surface area (Å²) in [5.41, 5.74) is 0.761. The first-order valence-electron chi connectivity index (χ1n) is 4.74. The van der Waals surface area contributed by atoms with Crippen LogP contribution in [0.2, 0.25) is 0 Å². The van der Waals surface area contributed by atoms with Crippen LogP contribution in [0, 0.1) is 12.7 Å². The maximum Gasteiger partial charge on any atom is 0.251 e. The van der Waals surface area contributed by atoms with E-state index >= 15 is 0 Å². The lowest BCUT2D eigenvalue weighted by atomic mass is 10.2. The molecular formula is C11H9FN2O2. The molecule has 0 atom stereocenters. The molecule has 2 heterocycles. The average Bonchev–Trinajstić information content (AvgIpc) is 2.25. The molecule has 0 saturated heterocycles. The van der Waals surface area contributed by atoms with Crippen molar-refractivity contribution in [3.63, 3.8) is 0 Å². The molecule has 0 spiro atoms. The van der Waals surface area contributed by atoms with Crippen LogP contribution >= 0.6 is 0 Å². The van der Waals surface area contributed by atoms with Crippen molar-refractivity contribution in [2.24, 2.45) is 0 Å². The third-order valence-corrected chi connectivity index (χ3v) is 2.36. The Balaban J connectivity index is 2.86. The first kappa shape index (κ1) is 10.5. The number of nitrogens with zero attached hydrogens (tertiary/aromatic N) is 2. The Bertz CT molecular complexity index is 619. The smallest absolute Gasteiger partial charge is 0.251 e. The maximum absolute atomic E-state index is 13.3. The van der Waals surface area contributed by atoms with Crippen molar-refractivity contribution in [2.75, 3.05) is 0 Å². The van der Waals surface area contributed by atoms with E-state index in [2.05, 4.69) is 4.98 Å². The van der Waals surface area contributed by atoms with E-state index in [1.165, 1.54) is 22.8 Å². The molecular weight excluding hydrogens is 211 g/mol. The quantitative estimate of drug-likeness (QED) is 0.710. The van der Waals surface area contributed by atoms with Gasteiger partial charge in [0.15, 0.2) is 0 Å². The van der Waals surface area contributed by atoms with Crippen LogP contribution in [-0.4, -0.2) is 15.8 Å². The molecule has 2 rings (SSSR count). The van der Waals surface area contributed by atoms with Crippen molar-refractivity contribution in [3.05, 3.63) is 40.1 Å². The molecule has 0 unspecified atom stereocenters. The lowest BCUT2D eigenvalue weighted by molar-refractivity contribution is -0.108. The molecule has 0 aromatic carbocycles. The Kier molecular flexibility index (Phi) is 2.52. The monoisotopic (exact) mass is 220 g/mol. The summed E-state index contributed by atoms with van der Waals surface area (Å²) in [5.74, 6) is -0.488. The molecule has 5 heteroatoms. The number of pyridine rings is 2. The fourth-order valence-corrected chi connectivity index (χ4v) is 1.55. The molecule has 0 saturated carbocycles. The molecule has 2 aromatic heterocycles. The van der Waals surface area contributed by atoms with Crippen LogP contribution in [0.1, 0.15) is 5.69 Å². The molecule has 0 radical (unpaired) electrons.